The lowest BCUT2D eigenvalue weighted by Crippen LogP contribution is -2.10. The van der Waals surface area contributed by atoms with Gasteiger partial charge in [0, 0.05) is 12.2 Å². The first-order chi connectivity index (χ1) is 6.69. The van der Waals surface area contributed by atoms with Crippen LogP contribution in [0.25, 0.3) is 0 Å². The Hall–Kier alpha value is -1.58. The summed E-state index contributed by atoms with van der Waals surface area (Å²) >= 11 is 0. The second-order valence-corrected chi connectivity index (χ2v) is 2.87. The fourth-order valence-corrected chi connectivity index (χ4v) is 1.13. The summed E-state index contributed by atoms with van der Waals surface area (Å²) < 4.78 is 4.64. The molecule has 76 valence electrons. The number of hydrogen-bond acceptors (Lipinski definition) is 4. The highest BCUT2D eigenvalue weighted by Gasteiger charge is 2.12. The van der Waals surface area contributed by atoms with Gasteiger partial charge in [0.05, 0.1) is 7.11 Å². The Labute approximate surface area is 83.3 Å². The zero-order valence-electron chi connectivity index (χ0n) is 8.63. The van der Waals surface area contributed by atoms with Crippen LogP contribution in [0.1, 0.15) is 23.0 Å². The Morgan fingerprint density at radius 3 is 2.86 bits per heavy atom. The molecule has 0 saturated heterocycles. The number of aromatic nitrogens is 1. The van der Waals surface area contributed by atoms with Gasteiger partial charge in [0.2, 0.25) is 0 Å². The van der Waals surface area contributed by atoms with Crippen molar-refractivity contribution in [3.8, 4) is 0 Å². The number of carbonyl (C=O) groups is 1. The molecule has 1 rings (SSSR count). The normalized spacial score (nSPS) is 9.64. The van der Waals surface area contributed by atoms with Gasteiger partial charge in [-0.25, -0.2) is 9.78 Å². The van der Waals surface area contributed by atoms with Crippen molar-refractivity contribution in [3.05, 3.63) is 23.4 Å². The van der Waals surface area contributed by atoms with Gasteiger partial charge in [-0.05, 0) is 26.0 Å². The lowest BCUT2D eigenvalue weighted by molar-refractivity contribution is 0.0601. The minimum Gasteiger partial charge on any atom is -0.465 e. The van der Waals surface area contributed by atoms with Crippen LogP contribution in [0.4, 0.5) is 5.82 Å². The number of hydrogen-bond donors (Lipinski definition) is 1. The van der Waals surface area contributed by atoms with Gasteiger partial charge in [0.25, 0.3) is 0 Å². The summed E-state index contributed by atoms with van der Waals surface area (Å²) in [4.78, 5) is 15.5. The van der Waals surface area contributed by atoms with E-state index < -0.39 is 0 Å². The monoisotopic (exact) mass is 194 g/mol. The quantitative estimate of drug-likeness (QED) is 0.743. The number of ether oxygens (including phenoxy) is 1. The van der Waals surface area contributed by atoms with Crippen molar-refractivity contribution >= 4 is 11.8 Å². The second-order valence-electron chi connectivity index (χ2n) is 2.87. The minimum absolute atomic E-state index is 0.367. The van der Waals surface area contributed by atoms with E-state index in [-0.39, 0.29) is 5.97 Å². The van der Waals surface area contributed by atoms with Crippen molar-refractivity contribution in [1.82, 2.24) is 4.98 Å². The third-order valence-electron chi connectivity index (χ3n) is 1.78. The van der Waals surface area contributed by atoms with E-state index in [2.05, 4.69) is 15.0 Å². The predicted molar refractivity (Wildman–Crippen MR) is 54.5 cm³/mol. The third-order valence-corrected chi connectivity index (χ3v) is 1.78. The topological polar surface area (TPSA) is 51.2 Å². The number of anilines is 1. The summed E-state index contributed by atoms with van der Waals surface area (Å²) in [5, 5.41) is 3.02. The molecule has 0 spiro atoms. The number of nitrogens with one attached hydrogen (secondary N) is 1. The molecule has 0 radical (unpaired) electrons. The summed E-state index contributed by atoms with van der Waals surface area (Å²) in [5.41, 5.74) is 1.34. The van der Waals surface area contributed by atoms with E-state index in [1.807, 2.05) is 13.8 Å². The maximum absolute atomic E-state index is 11.3. The van der Waals surface area contributed by atoms with Crippen LogP contribution in [0.2, 0.25) is 0 Å². The van der Waals surface area contributed by atoms with E-state index in [0.717, 1.165) is 12.2 Å². The number of esters is 1. The van der Waals surface area contributed by atoms with Gasteiger partial charge in [0.1, 0.15) is 11.4 Å². The van der Waals surface area contributed by atoms with Crippen LogP contribution >= 0.6 is 0 Å². The molecule has 0 aliphatic carbocycles. The zero-order valence-corrected chi connectivity index (χ0v) is 8.63. The van der Waals surface area contributed by atoms with Crippen molar-refractivity contribution in [3.63, 3.8) is 0 Å². The molecular weight excluding hydrogens is 180 g/mol. The maximum atomic E-state index is 11.3. The average Bonchev–Trinajstić information content (AvgIpc) is 2.17. The molecule has 0 aliphatic rings. The van der Waals surface area contributed by atoms with E-state index in [1.54, 1.807) is 12.1 Å². The van der Waals surface area contributed by atoms with Crippen LogP contribution in [-0.4, -0.2) is 24.6 Å². The fraction of sp³-hybridized carbons (Fsp3) is 0.400. The van der Waals surface area contributed by atoms with Crippen LogP contribution in [0.3, 0.4) is 0 Å². The SMILES string of the molecule is CCNc1nc(C)ccc1C(=O)OC. The van der Waals surface area contributed by atoms with E-state index in [0.29, 0.717) is 11.4 Å². The summed E-state index contributed by atoms with van der Waals surface area (Å²) in [6, 6.07) is 3.50. The molecule has 4 heteroatoms. The van der Waals surface area contributed by atoms with E-state index in [4.69, 9.17) is 0 Å². The van der Waals surface area contributed by atoms with E-state index >= 15 is 0 Å². The number of pyridine rings is 1. The number of aryl methyl sites for hydroxylation is 1. The van der Waals surface area contributed by atoms with Gasteiger partial charge in [0.15, 0.2) is 0 Å². The highest BCUT2D eigenvalue weighted by Crippen LogP contribution is 2.14. The van der Waals surface area contributed by atoms with Gasteiger partial charge in [-0.3, -0.25) is 0 Å². The van der Waals surface area contributed by atoms with Gasteiger partial charge < -0.3 is 10.1 Å². The van der Waals surface area contributed by atoms with Crippen molar-refractivity contribution in [1.29, 1.82) is 0 Å². The summed E-state index contributed by atoms with van der Waals surface area (Å²) in [5.74, 6) is 0.216. The standard InChI is InChI=1S/C10H14N2O2/c1-4-11-9-8(10(13)14-3)6-5-7(2)12-9/h5-6H,4H2,1-3H3,(H,11,12). The molecule has 0 amide bonds. The van der Waals surface area contributed by atoms with E-state index in [9.17, 15) is 4.79 Å². The summed E-state index contributed by atoms with van der Waals surface area (Å²) in [6.45, 7) is 4.55. The summed E-state index contributed by atoms with van der Waals surface area (Å²) in [7, 11) is 1.36. The lowest BCUT2D eigenvalue weighted by Gasteiger charge is -2.08. The molecule has 0 saturated carbocycles. The highest BCUT2D eigenvalue weighted by atomic mass is 16.5. The van der Waals surface area contributed by atoms with Crippen molar-refractivity contribution in [2.24, 2.45) is 0 Å². The van der Waals surface area contributed by atoms with Gasteiger partial charge in [-0.2, -0.15) is 0 Å². The zero-order chi connectivity index (χ0) is 10.6. The number of methoxy groups -OCH3 is 1. The Bertz CT molecular complexity index is 337. The second kappa shape index (κ2) is 4.60. The molecule has 0 fully saturated rings. The first-order valence-electron chi connectivity index (χ1n) is 4.49. The molecule has 14 heavy (non-hydrogen) atoms. The Morgan fingerprint density at radius 2 is 2.29 bits per heavy atom. The molecule has 4 nitrogen and oxygen atoms in total. The first kappa shape index (κ1) is 10.5. The number of rotatable bonds is 3. The average molecular weight is 194 g/mol. The summed E-state index contributed by atoms with van der Waals surface area (Å²) in [6.07, 6.45) is 0. The van der Waals surface area contributed by atoms with Crippen molar-refractivity contribution < 1.29 is 9.53 Å². The molecule has 0 atom stereocenters. The van der Waals surface area contributed by atoms with E-state index in [1.165, 1.54) is 7.11 Å². The number of nitrogens with zero attached hydrogens (tertiary/aromatic N) is 1. The van der Waals surface area contributed by atoms with Crippen molar-refractivity contribution in [2.45, 2.75) is 13.8 Å². The Kier molecular flexibility index (Phi) is 3.45. The Morgan fingerprint density at radius 1 is 1.57 bits per heavy atom. The molecule has 0 aromatic carbocycles. The lowest BCUT2D eigenvalue weighted by atomic mass is 10.2. The van der Waals surface area contributed by atoms with Crippen LogP contribution in [-0.2, 0) is 4.74 Å². The largest absolute Gasteiger partial charge is 0.465 e. The molecular formula is C10H14N2O2. The van der Waals surface area contributed by atoms with Gasteiger partial charge >= 0.3 is 5.97 Å². The van der Waals surface area contributed by atoms with Gasteiger partial charge in [-0.15, -0.1) is 0 Å². The highest BCUT2D eigenvalue weighted by molar-refractivity contribution is 5.94. The molecule has 1 N–H and O–H groups in total. The molecule has 0 aliphatic heterocycles. The van der Waals surface area contributed by atoms with Gasteiger partial charge in [-0.1, -0.05) is 0 Å². The predicted octanol–water partition coefficient (Wildman–Crippen LogP) is 1.61. The molecule has 1 aromatic heterocycles. The molecule has 1 heterocycles. The molecule has 0 bridgehead atoms. The fourth-order valence-electron chi connectivity index (χ4n) is 1.13. The van der Waals surface area contributed by atoms with Crippen LogP contribution in [0, 0.1) is 6.92 Å². The van der Waals surface area contributed by atoms with Crippen molar-refractivity contribution in [2.75, 3.05) is 19.0 Å². The smallest absolute Gasteiger partial charge is 0.341 e. The molecule has 1 aromatic rings. The Balaban J connectivity index is 3.07. The van der Waals surface area contributed by atoms with Crippen LogP contribution < -0.4 is 5.32 Å². The first-order valence-corrected chi connectivity index (χ1v) is 4.49. The van der Waals surface area contributed by atoms with Crippen LogP contribution in [0.5, 0.6) is 0 Å². The minimum atomic E-state index is -0.367. The van der Waals surface area contributed by atoms with Crippen LogP contribution in [0.15, 0.2) is 12.1 Å². The maximum Gasteiger partial charge on any atom is 0.341 e. The number of carbonyl (C=O) groups excluding carboxylic acids is 1. The molecule has 0 unspecified atom stereocenters. The third kappa shape index (κ3) is 2.22.